The largest absolute Gasteiger partial charge is 0.421 e. The number of carbonyl (C=O) groups is 1. The molecular formula is C20H24F3N7O. The Kier molecular flexibility index (Phi) is 6.21. The van der Waals surface area contributed by atoms with Crippen LogP contribution in [0.3, 0.4) is 0 Å². The highest BCUT2D eigenvalue weighted by atomic mass is 19.4. The Hall–Kier alpha value is -2.95. The number of amides is 1. The van der Waals surface area contributed by atoms with E-state index in [0.29, 0.717) is 12.2 Å². The minimum absolute atomic E-state index is 0.0118. The molecule has 2 aromatic rings. The van der Waals surface area contributed by atoms with Crippen LogP contribution >= 0.6 is 0 Å². The highest BCUT2D eigenvalue weighted by molar-refractivity contribution is 5.92. The molecule has 0 unspecified atom stereocenters. The maximum Gasteiger partial charge on any atom is 0.421 e. The first kappa shape index (κ1) is 21.3. The van der Waals surface area contributed by atoms with Gasteiger partial charge in [-0.2, -0.15) is 18.2 Å². The maximum atomic E-state index is 13.4. The maximum absolute atomic E-state index is 13.4. The van der Waals surface area contributed by atoms with Crippen LogP contribution in [0.5, 0.6) is 0 Å². The first-order chi connectivity index (χ1) is 14.9. The fourth-order valence-electron chi connectivity index (χ4n) is 3.33. The minimum atomic E-state index is -4.56. The van der Waals surface area contributed by atoms with Gasteiger partial charge in [-0.15, -0.1) is 0 Å². The molecule has 1 saturated heterocycles. The van der Waals surface area contributed by atoms with Crippen LogP contribution in [0.25, 0.3) is 0 Å². The Bertz CT molecular complexity index is 910. The second-order valence-electron chi connectivity index (χ2n) is 7.83. The van der Waals surface area contributed by atoms with Crippen LogP contribution < -0.4 is 21.3 Å². The van der Waals surface area contributed by atoms with Gasteiger partial charge in [0, 0.05) is 18.8 Å². The van der Waals surface area contributed by atoms with Crippen molar-refractivity contribution in [2.24, 2.45) is 5.92 Å². The highest BCUT2D eigenvalue weighted by Gasteiger charge is 2.35. The molecule has 8 nitrogen and oxygen atoms in total. The molecule has 2 aromatic heterocycles. The van der Waals surface area contributed by atoms with Gasteiger partial charge in [-0.1, -0.05) is 0 Å². The van der Waals surface area contributed by atoms with Crippen LogP contribution in [-0.2, 0) is 6.18 Å². The second kappa shape index (κ2) is 9.04. The summed E-state index contributed by atoms with van der Waals surface area (Å²) in [7, 11) is 0. The lowest BCUT2D eigenvalue weighted by Crippen LogP contribution is -2.31. The number of carbonyl (C=O) groups excluding carboxylic acids is 1. The third-order valence-corrected chi connectivity index (χ3v) is 5.28. The van der Waals surface area contributed by atoms with Crippen molar-refractivity contribution >= 4 is 23.4 Å². The first-order valence-electron chi connectivity index (χ1n) is 10.3. The minimum Gasteiger partial charge on any atom is -0.369 e. The van der Waals surface area contributed by atoms with Crippen molar-refractivity contribution in [1.29, 1.82) is 0 Å². The molecule has 2 fully saturated rings. The van der Waals surface area contributed by atoms with Crippen molar-refractivity contribution in [2.75, 3.05) is 30.3 Å². The third-order valence-electron chi connectivity index (χ3n) is 5.28. The van der Waals surface area contributed by atoms with Crippen LogP contribution in [0.4, 0.5) is 30.6 Å². The molecule has 0 bridgehead atoms. The average molecular weight is 435 g/mol. The standard InChI is InChI=1S/C20H24F3N7O/c21-20(22,23)15-11-27-19(30-17(15)26-9-12-5-7-24-8-6-12)29-14-3-4-16(25-10-14)18(31)28-13-1-2-13/h3-4,10-13,24H,1-2,5-9H2,(H,28,31)(H2,26,27,29,30). The van der Waals surface area contributed by atoms with Gasteiger partial charge < -0.3 is 21.3 Å². The summed E-state index contributed by atoms with van der Waals surface area (Å²) in [6.07, 6.45) is 1.38. The average Bonchev–Trinajstić information content (AvgIpc) is 3.57. The summed E-state index contributed by atoms with van der Waals surface area (Å²) in [6.45, 7) is 2.13. The third kappa shape index (κ3) is 5.81. The van der Waals surface area contributed by atoms with E-state index in [-0.39, 0.29) is 35.3 Å². The summed E-state index contributed by atoms with van der Waals surface area (Å²) < 4.78 is 40.2. The Morgan fingerprint density at radius 2 is 1.87 bits per heavy atom. The number of halogens is 3. The summed E-state index contributed by atoms with van der Waals surface area (Å²) in [4.78, 5) is 24.0. The molecular weight excluding hydrogens is 411 g/mol. The lowest BCUT2D eigenvalue weighted by atomic mass is 9.98. The van der Waals surface area contributed by atoms with Crippen LogP contribution in [0.15, 0.2) is 24.5 Å². The van der Waals surface area contributed by atoms with Gasteiger partial charge in [-0.25, -0.2) is 9.97 Å². The fraction of sp³-hybridized carbons (Fsp3) is 0.500. The summed E-state index contributed by atoms with van der Waals surface area (Å²) in [5.41, 5.74) is -0.167. The molecule has 2 aliphatic rings. The lowest BCUT2D eigenvalue weighted by molar-refractivity contribution is -0.137. The molecule has 1 saturated carbocycles. The van der Waals surface area contributed by atoms with Gasteiger partial charge >= 0.3 is 6.18 Å². The Balaban J connectivity index is 1.45. The van der Waals surface area contributed by atoms with Crippen molar-refractivity contribution in [3.05, 3.63) is 35.8 Å². The van der Waals surface area contributed by atoms with Crippen LogP contribution in [-0.4, -0.2) is 46.5 Å². The molecule has 0 aromatic carbocycles. The van der Waals surface area contributed by atoms with E-state index in [0.717, 1.165) is 45.0 Å². The van der Waals surface area contributed by atoms with E-state index in [1.165, 1.54) is 6.20 Å². The second-order valence-corrected chi connectivity index (χ2v) is 7.83. The van der Waals surface area contributed by atoms with E-state index < -0.39 is 11.7 Å². The number of piperidine rings is 1. The monoisotopic (exact) mass is 435 g/mol. The number of hydrogen-bond donors (Lipinski definition) is 4. The van der Waals surface area contributed by atoms with E-state index in [9.17, 15) is 18.0 Å². The number of pyridine rings is 1. The molecule has 31 heavy (non-hydrogen) atoms. The summed E-state index contributed by atoms with van der Waals surface area (Å²) in [5.74, 6) is -0.203. The number of nitrogens with zero attached hydrogens (tertiary/aromatic N) is 3. The lowest BCUT2D eigenvalue weighted by Gasteiger charge is -2.24. The van der Waals surface area contributed by atoms with Crippen molar-refractivity contribution in [3.8, 4) is 0 Å². The smallest absolute Gasteiger partial charge is 0.369 e. The van der Waals surface area contributed by atoms with Crippen molar-refractivity contribution in [3.63, 3.8) is 0 Å². The number of anilines is 3. The molecule has 1 aliphatic heterocycles. The molecule has 166 valence electrons. The van der Waals surface area contributed by atoms with Crippen LogP contribution in [0.2, 0.25) is 0 Å². The van der Waals surface area contributed by atoms with Crippen LogP contribution in [0, 0.1) is 5.92 Å². The summed E-state index contributed by atoms with van der Waals surface area (Å²) in [5, 5.41) is 11.8. The van der Waals surface area contributed by atoms with Crippen molar-refractivity contribution in [2.45, 2.75) is 37.9 Å². The molecule has 11 heteroatoms. The van der Waals surface area contributed by atoms with E-state index in [1.54, 1.807) is 12.1 Å². The number of hydrogen-bond acceptors (Lipinski definition) is 7. The zero-order valence-corrected chi connectivity index (χ0v) is 16.8. The van der Waals surface area contributed by atoms with Crippen molar-refractivity contribution < 1.29 is 18.0 Å². The van der Waals surface area contributed by atoms with Crippen LogP contribution in [0.1, 0.15) is 41.7 Å². The van der Waals surface area contributed by atoms with Gasteiger partial charge in [-0.05, 0) is 56.8 Å². The molecule has 0 radical (unpaired) electrons. The first-order valence-corrected chi connectivity index (χ1v) is 10.3. The fourth-order valence-corrected chi connectivity index (χ4v) is 3.33. The van der Waals surface area contributed by atoms with E-state index in [4.69, 9.17) is 0 Å². The Labute approximate surface area is 177 Å². The molecule has 0 atom stereocenters. The molecule has 0 spiro atoms. The highest BCUT2D eigenvalue weighted by Crippen LogP contribution is 2.34. The predicted molar refractivity (Wildman–Crippen MR) is 109 cm³/mol. The Morgan fingerprint density at radius 3 is 2.52 bits per heavy atom. The van der Waals surface area contributed by atoms with Gasteiger partial charge in [0.15, 0.2) is 0 Å². The summed E-state index contributed by atoms with van der Waals surface area (Å²) in [6, 6.07) is 3.38. The van der Waals surface area contributed by atoms with Crippen molar-refractivity contribution in [1.82, 2.24) is 25.6 Å². The number of rotatable bonds is 7. The predicted octanol–water partition coefficient (Wildman–Crippen LogP) is 2.94. The van der Waals surface area contributed by atoms with E-state index >= 15 is 0 Å². The topological polar surface area (TPSA) is 104 Å². The van der Waals surface area contributed by atoms with Gasteiger partial charge in [0.1, 0.15) is 17.1 Å². The van der Waals surface area contributed by atoms with Gasteiger partial charge in [0.25, 0.3) is 5.91 Å². The molecule has 3 heterocycles. The zero-order valence-electron chi connectivity index (χ0n) is 16.8. The molecule has 4 rings (SSSR count). The zero-order chi connectivity index (χ0) is 21.8. The molecule has 1 amide bonds. The Morgan fingerprint density at radius 1 is 1.10 bits per heavy atom. The quantitative estimate of drug-likeness (QED) is 0.530. The number of aromatic nitrogens is 3. The van der Waals surface area contributed by atoms with E-state index in [1.807, 2.05) is 0 Å². The molecule has 1 aliphatic carbocycles. The number of alkyl halides is 3. The molecule has 4 N–H and O–H groups in total. The normalized spacial score (nSPS) is 17.3. The van der Waals surface area contributed by atoms with Gasteiger partial charge in [-0.3, -0.25) is 4.79 Å². The van der Waals surface area contributed by atoms with Gasteiger partial charge in [0.05, 0.1) is 11.9 Å². The van der Waals surface area contributed by atoms with E-state index in [2.05, 4.69) is 36.2 Å². The SMILES string of the molecule is O=C(NC1CC1)c1ccc(Nc2ncc(C(F)(F)F)c(NCC3CCNCC3)n2)cn1. The number of nitrogens with one attached hydrogen (secondary N) is 4. The summed E-state index contributed by atoms with van der Waals surface area (Å²) >= 11 is 0. The van der Waals surface area contributed by atoms with Gasteiger partial charge in [0.2, 0.25) is 5.95 Å².